The maximum absolute atomic E-state index is 10.0. The highest BCUT2D eigenvalue weighted by Gasteiger charge is 2.08. The summed E-state index contributed by atoms with van der Waals surface area (Å²) in [6, 6.07) is 14.2. The van der Waals surface area contributed by atoms with Crippen LogP contribution in [-0.4, -0.2) is 16.2 Å². The molecule has 94 valence electrons. The lowest BCUT2D eigenvalue weighted by atomic mass is 10.0. The minimum atomic E-state index is -0.321. The summed E-state index contributed by atoms with van der Waals surface area (Å²) in [5.74, 6) is 0. The number of aliphatic hydroxyl groups excluding tert-OH is 1. The Bertz CT molecular complexity index is 481. The zero-order valence-corrected chi connectivity index (χ0v) is 10.7. The van der Waals surface area contributed by atoms with E-state index < -0.39 is 0 Å². The molecule has 2 rings (SSSR count). The monoisotopic (exact) mass is 241 g/mol. The van der Waals surface area contributed by atoms with Gasteiger partial charge in [0.1, 0.15) is 0 Å². The number of pyridine rings is 1. The van der Waals surface area contributed by atoms with Gasteiger partial charge in [0.25, 0.3) is 0 Å². The number of rotatable bonds is 5. The van der Waals surface area contributed by atoms with Gasteiger partial charge in [-0.3, -0.25) is 4.98 Å². The molecule has 0 saturated heterocycles. The number of aryl methyl sites for hydroxylation is 2. The third kappa shape index (κ3) is 3.67. The Kier molecular flexibility index (Phi) is 4.48. The summed E-state index contributed by atoms with van der Waals surface area (Å²) in [7, 11) is 0. The van der Waals surface area contributed by atoms with E-state index in [9.17, 15) is 5.11 Å². The van der Waals surface area contributed by atoms with Crippen LogP contribution < -0.4 is 0 Å². The summed E-state index contributed by atoms with van der Waals surface area (Å²) in [5.41, 5.74) is 3.42. The Hall–Kier alpha value is -1.67. The van der Waals surface area contributed by atoms with Crippen molar-refractivity contribution in [3.63, 3.8) is 0 Å². The molecule has 1 atom stereocenters. The molecular weight excluding hydrogens is 222 g/mol. The third-order valence-electron chi connectivity index (χ3n) is 3.16. The molecule has 1 unspecified atom stereocenters. The minimum absolute atomic E-state index is 0.321. The van der Waals surface area contributed by atoms with E-state index >= 15 is 0 Å². The maximum Gasteiger partial charge on any atom is 0.0598 e. The molecule has 0 bridgehead atoms. The van der Waals surface area contributed by atoms with Crippen molar-refractivity contribution in [1.82, 2.24) is 4.98 Å². The molecule has 1 aromatic carbocycles. The van der Waals surface area contributed by atoms with Gasteiger partial charge in [0, 0.05) is 18.3 Å². The van der Waals surface area contributed by atoms with Crippen molar-refractivity contribution in [2.45, 2.75) is 32.3 Å². The molecule has 1 N–H and O–H groups in total. The molecule has 0 spiro atoms. The number of hydrogen-bond donors (Lipinski definition) is 1. The summed E-state index contributed by atoms with van der Waals surface area (Å²) in [5, 5.41) is 10.0. The number of benzene rings is 1. The predicted octanol–water partition coefficient (Wildman–Crippen LogP) is 2.93. The molecule has 18 heavy (non-hydrogen) atoms. The van der Waals surface area contributed by atoms with Crippen LogP contribution in [0.3, 0.4) is 0 Å². The van der Waals surface area contributed by atoms with E-state index in [-0.39, 0.29) is 6.10 Å². The van der Waals surface area contributed by atoms with Crippen LogP contribution in [0.25, 0.3) is 0 Å². The lowest BCUT2D eigenvalue weighted by Gasteiger charge is -2.11. The number of nitrogens with zero attached hydrogens (tertiary/aromatic N) is 1. The molecule has 2 nitrogen and oxygen atoms in total. The van der Waals surface area contributed by atoms with Gasteiger partial charge in [-0.2, -0.15) is 0 Å². The first kappa shape index (κ1) is 12.8. The zero-order chi connectivity index (χ0) is 12.8. The van der Waals surface area contributed by atoms with Gasteiger partial charge < -0.3 is 5.11 Å². The lowest BCUT2D eigenvalue weighted by molar-refractivity contribution is 0.164. The summed E-state index contributed by atoms with van der Waals surface area (Å²) in [4.78, 5) is 4.31. The highest BCUT2D eigenvalue weighted by atomic mass is 16.3. The van der Waals surface area contributed by atoms with Gasteiger partial charge in [0.2, 0.25) is 0 Å². The summed E-state index contributed by atoms with van der Waals surface area (Å²) in [6.45, 7) is 2.03. The van der Waals surface area contributed by atoms with E-state index in [1.165, 1.54) is 5.56 Å². The van der Waals surface area contributed by atoms with Crippen molar-refractivity contribution in [2.75, 3.05) is 0 Å². The Labute approximate surface area is 108 Å². The maximum atomic E-state index is 10.0. The minimum Gasteiger partial charge on any atom is -0.393 e. The average molecular weight is 241 g/mol. The van der Waals surface area contributed by atoms with Crippen LogP contribution in [0.2, 0.25) is 0 Å². The van der Waals surface area contributed by atoms with Crippen molar-refractivity contribution in [2.24, 2.45) is 0 Å². The molecule has 0 aliphatic rings. The quantitative estimate of drug-likeness (QED) is 0.873. The van der Waals surface area contributed by atoms with E-state index in [4.69, 9.17) is 0 Å². The van der Waals surface area contributed by atoms with Crippen LogP contribution in [0.4, 0.5) is 0 Å². The molecule has 0 fully saturated rings. The van der Waals surface area contributed by atoms with Crippen molar-refractivity contribution >= 4 is 0 Å². The Morgan fingerprint density at radius 2 is 1.89 bits per heavy atom. The van der Waals surface area contributed by atoms with Gasteiger partial charge in [0.15, 0.2) is 0 Å². The van der Waals surface area contributed by atoms with Crippen LogP contribution in [0, 0.1) is 6.92 Å². The third-order valence-corrected chi connectivity index (χ3v) is 3.16. The summed E-state index contributed by atoms with van der Waals surface area (Å²) >= 11 is 0. The fourth-order valence-corrected chi connectivity index (χ4v) is 2.04. The fraction of sp³-hybridized carbons (Fsp3) is 0.312. The van der Waals surface area contributed by atoms with E-state index in [0.717, 1.165) is 24.1 Å². The first-order valence-corrected chi connectivity index (χ1v) is 6.38. The Morgan fingerprint density at radius 1 is 1.11 bits per heavy atom. The summed E-state index contributed by atoms with van der Waals surface area (Å²) in [6.07, 6.45) is 3.79. The van der Waals surface area contributed by atoms with Gasteiger partial charge in [-0.05, 0) is 37.0 Å². The van der Waals surface area contributed by atoms with Gasteiger partial charge >= 0.3 is 0 Å². The Balaban J connectivity index is 1.86. The van der Waals surface area contributed by atoms with Crippen molar-refractivity contribution < 1.29 is 5.11 Å². The van der Waals surface area contributed by atoms with E-state index in [0.29, 0.717) is 6.42 Å². The molecule has 0 radical (unpaired) electrons. The largest absolute Gasteiger partial charge is 0.393 e. The standard InChI is InChI=1S/C16H19NO/c1-13-6-5-11-17-16(13)12-15(18)10-9-14-7-3-2-4-8-14/h2-8,11,15,18H,9-10,12H2,1H3. The van der Waals surface area contributed by atoms with Gasteiger partial charge in [0.05, 0.1) is 6.10 Å². The van der Waals surface area contributed by atoms with E-state index in [2.05, 4.69) is 17.1 Å². The van der Waals surface area contributed by atoms with Gasteiger partial charge in [-0.15, -0.1) is 0 Å². The number of aliphatic hydroxyl groups is 1. The molecule has 0 amide bonds. The molecule has 0 aliphatic heterocycles. The first-order chi connectivity index (χ1) is 8.75. The molecule has 1 aromatic heterocycles. The average Bonchev–Trinajstić information content (AvgIpc) is 2.40. The van der Waals surface area contributed by atoms with Crippen LogP contribution in [-0.2, 0) is 12.8 Å². The second kappa shape index (κ2) is 6.31. The second-order valence-corrected chi connectivity index (χ2v) is 4.65. The zero-order valence-electron chi connectivity index (χ0n) is 10.7. The van der Waals surface area contributed by atoms with E-state index in [1.54, 1.807) is 6.20 Å². The number of hydrogen-bond acceptors (Lipinski definition) is 2. The normalized spacial score (nSPS) is 12.3. The smallest absolute Gasteiger partial charge is 0.0598 e. The molecule has 0 saturated carbocycles. The molecule has 2 aromatic rings. The molecule has 0 aliphatic carbocycles. The van der Waals surface area contributed by atoms with Crippen LogP contribution in [0.15, 0.2) is 48.7 Å². The van der Waals surface area contributed by atoms with Gasteiger partial charge in [-0.25, -0.2) is 0 Å². The molecule has 2 heteroatoms. The van der Waals surface area contributed by atoms with Crippen LogP contribution in [0.1, 0.15) is 23.2 Å². The molecule has 1 heterocycles. The highest BCUT2D eigenvalue weighted by Crippen LogP contribution is 2.11. The Morgan fingerprint density at radius 3 is 2.61 bits per heavy atom. The van der Waals surface area contributed by atoms with Crippen LogP contribution >= 0.6 is 0 Å². The topological polar surface area (TPSA) is 33.1 Å². The SMILES string of the molecule is Cc1cccnc1CC(O)CCc1ccccc1. The van der Waals surface area contributed by atoms with E-state index in [1.807, 2.05) is 37.3 Å². The highest BCUT2D eigenvalue weighted by molar-refractivity contribution is 5.18. The first-order valence-electron chi connectivity index (χ1n) is 6.38. The molecular formula is C16H19NO. The van der Waals surface area contributed by atoms with Crippen LogP contribution in [0.5, 0.6) is 0 Å². The second-order valence-electron chi connectivity index (χ2n) is 4.65. The van der Waals surface area contributed by atoms with Crippen molar-refractivity contribution in [3.05, 3.63) is 65.5 Å². The number of aromatic nitrogens is 1. The van der Waals surface area contributed by atoms with Crippen molar-refractivity contribution in [3.8, 4) is 0 Å². The summed E-state index contributed by atoms with van der Waals surface area (Å²) < 4.78 is 0. The predicted molar refractivity (Wildman–Crippen MR) is 73.4 cm³/mol. The van der Waals surface area contributed by atoms with Gasteiger partial charge in [-0.1, -0.05) is 36.4 Å². The fourth-order valence-electron chi connectivity index (χ4n) is 2.04. The lowest BCUT2D eigenvalue weighted by Crippen LogP contribution is -2.13. The van der Waals surface area contributed by atoms with Crippen molar-refractivity contribution in [1.29, 1.82) is 0 Å².